The quantitative estimate of drug-likeness (QED) is 0.842. The van der Waals surface area contributed by atoms with E-state index in [2.05, 4.69) is 14.9 Å². The zero-order valence-corrected chi connectivity index (χ0v) is 14.1. The van der Waals surface area contributed by atoms with E-state index in [-0.39, 0.29) is 12.1 Å². The van der Waals surface area contributed by atoms with E-state index >= 15 is 0 Å². The third kappa shape index (κ3) is 2.56. The molecule has 2 saturated heterocycles. The number of nitrogen functional groups attached to an aromatic ring is 1. The number of methoxy groups -OCH3 is 1. The van der Waals surface area contributed by atoms with E-state index < -0.39 is 0 Å². The first-order valence-electron chi connectivity index (χ1n) is 7.84. The highest BCUT2D eigenvalue weighted by Crippen LogP contribution is 2.36. The van der Waals surface area contributed by atoms with Crippen LogP contribution in [0.25, 0.3) is 10.9 Å². The molecule has 2 aliphatic rings. The first kappa shape index (κ1) is 15.2. The smallest absolute Gasteiger partial charge is 0.259 e. The summed E-state index contributed by atoms with van der Waals surface area (Å²) in [6.07, 6.45) is 3.26. The van der Waals surface area contributed by atoms with Gasteiger partial charge in [-0.15, -0.1) is 0 Å². The number of rotatable bonds is 3. The van der Waals surface area contributed by atoms with Crippen molar-refractivity contribution in [3.8, 4) is 11.5 Å². The summed E-state index contributed by atoms with van der Waals surface area (Å²) in [7, 11) is 1.62. The Morgan fingerprint density at radius 2 is 2.21 bits per heavy atom. The highest BCUT2D eigenvalue weighted by molar-refractivity contribution is 7.80. The van der Waals surface area contributed by atoms with Crippen LogP contribution in [0.4, 0.5) is 5.82 Å². The second-order valence-corrected chi connectivity index (χ2v) is 6.32. The number of aromatic nitrogens is 2. The Morgan fingerprint density at radius 3 is 3.04 bits per heavy atom. The van der Waals surface area contributed by atoms with E-state index in [0.29, 0.717) is 29.1 Å². The first-order chi connectivity index (χ1) is 11.7. The van der Waals surface area contributed by atoms with Gasteiger partial charge in [-0.2, -0.15) is 0 Å². The van der Waals surface area contributed by atoms with E-state index in [1.807, 2.05) is 12.1 Å². The molecule has 2 N–H and O–H groups in total. The highest BCUT2D eigenvalue weighted by Gasteiger charge is 2.37. The zero-order valence-electron chi connectivity index (χ0n) is 13.3. The molecule has 1 aromatic heterocycles. The maximum atomic E-state index is 6.22. The third-order valence-corrected chi connectivity index (χ3v) is 4.90. The van der Waals surface area contributed by atoms with Gasteiger partial charge >= 0.3 is 0 Å². The van der Waals surface area contributed by atoms with Crippen molar-refractivity contribution < 1.29 is 14.2 Å². The van der Waals surface area contributed by atoms with Crippen molar-refractivity contribution >= 4 is 34.1 Å². The number of piperidine rings is 1. The lowest BCUT2D eigenvalue weighted by atomic mass is 10.0. The van der Waals surface area contributed by atoms with Gasteiger partial charge < -0.3 is 24.8 Å². The molecule has 126 valence electrons. The fourth-order valence-corrected chi connectivity index (χ4v) is 3.59. The normalized spacial score (nSPS) is 23.0. The van der Waals surface area contributed by atoms with Crippen molar-refractivity contribution in [3.63, 3.8) is 0 Å². The van der Waals surface area contributed by atoms with Crippen LogP contribution in [0.15, 0.2) is 18.5 Å². The lowest BCUT2D eigenvalue weighted by Crippen LogP contribution is -2.44. The lowest BCUT2D eigenvalue weighted by Gasteiger charge is -2.33. The van der Waals surface area contributed by atoms with Gasteiger partial charge in [0.15, 0.2) is 11.5 Å². The van der Waals surface area contributed by atoms with Crippen LogP contribution in [0.3, 0.4) is 0 Å². The molecule has 2 fully saturated rings. The van der Waals surface area contributed by atoms with Crippen molar-refractivity contribution in [3.05, 3.63) is 18.5 Å². The van der Waals surface area contributed by atoms with E-state index in [4.69, 9.17) is 32.2 Å². The standard InChI is InChI=1S/C16H18N4O3S/c1-21-13-6-12-11(15(17)19-8-18-12)5-14(13)23-10-2-3-20-9(4-10)7-22-16(20)24/h5-6,8-10H,2-4,7H2,1H3,(H2,17,18,19). The van der Waals surface area contributed by atoms with Crippen LogP contribution in [0.1, 0.15) is 12.8 Å². The molecule has 0 radical (unpaired) electrons. The Balaban J connectivity index is 1.60. The van der Waals surface area contributed by atoms with Crippen molar-refractivity contribution in [2.24, 2.45) is 0 Å². The number of ether oxygens (including phenoxy) is 3. The van der Waals surface area contributed by atoms with Gasteiger partial charge in [-0.1, -0.05) is 0 Å². The summed E-state index contributed by atoms with van der Waals surface area (Å²) >= 11 is 5.21. The topological polar surface area (TPSA) is 82.7 Å². The summed E-state index contributed by atoms with van der Waals surface area (Å²) < 4.78 is 17.1. The molecule has 2 unspecified atom stereocenters. The molecule has 2 aromatic rings. The zero-order chi connectivity index (χ0) is 16.7. The van der Waals surface area contributed by atoms with Gasteiger partial charge in [0.25, 0.3) is 5.17 Å². The van der Waals surface area contributed by atoms with Gasteiger partial charge in [0.1, 0.15) is 24.9 Å². The molecule has 2 atom stereocenters. The van der Waals surface area contributed by atoms with Crippen molar-refractivity contribution in [1.82, 2.24) is 14.9 Å². The van der Waals surface area contributed by atoms with E-state index in [9.17, 15) is 0 Å². The number of thiocarbonyl (C=S) groups is 1. The van der Waals surface area contributed by atoms with Crippen LogP contribution in [-0.4, -0.2) is 52.4 Å². The van der Waals surface area contributed by atoms with Crippen LogP contribution in [-0.2, 0) is 4.74 Å². The van der Waals surface area contributed by atoms with Crippen molar-refractivity contribution in [1.29, 1.82) is 0 Å². The molecule has 1 aromatic carbocycles. The second kappa shape index (κ2) is 5.94. The number of anilines is 1. The fraction of sp³-hybridized carbons (Fsp3) is 0.438. The minimum atomic E-state index is 0.0768. The predicted octanol–water partition coefficient (Wildman–Crippen LogP) is 1.75. The van der Waals surface area contributed by atoms with Crippen molar-refractivity contribution in [2.75, 3.05) is 26.0 Å². The van der Waals surface area contributed by atoms with E-state index in [1.165, 1.54) is 6.33 Å². The number of nitrogens with two attached hydrogens (primary N) is 1. The summed E-state index contributed by atoms with van der Waals surface area (Å²) in [5.74, 6) is 1.73. The van der Waals surface area contributed by atoms with Crippen LogP contribution in [0.2, 0.25) is 0 Å². The number of hydrogen-bond donors (Lipinski definition) is 1. The van der Waals surface area contributed by atoms with Gasteiger partial charge in [0.05, 0.1) is 18.7 Å². The first-order valence-corrected chi connectivity index (χ1v) is 8.25. The van der Waals surface area contributed by atoms with Crippen LogP contribution >= 0.6 is 12.2 Å². The van der Waals surface area contributed by atoms with Gasteiger partial charge in [0, 0.05) is 30.8 Å². The number of fused-ring (bicyclic) bond motifs is 2. The number of nitrogens with zero attached hydrogens (tertiary/aromatic N) is 3. The van der Waals surface area contributed by atoms with Crippen LogP contribution < -0.4 is 15.2 Å². The van der Waals surface area contributed by atoms with Crippen molar-refractivity contribution in [2.45, 2.75) is 25.0 Å². The molecule has 24 heavy (non-hydrogen) atoms. The molecule has 0 amide bonds. The molecule has 0 spiro atoms. The Kier molecular flexibility index (Phi) is 3.76. The minimum absolute atomic E-state index is 0.0768. The molecule has 4 rings (SSSR count). The predicted molar refractivity (Wildman–Crippen MR) is 93.2 cm³/mol. The third-order valence-electron chi connectivity index (χ3n) is 4.55. The maximum absolute atomic E-state index is 6.22. The van der Waals surface area contributed by atoms with E-state index in [1.54, 1.807) is 7.11 Å². The average molecular weight is 346 g/mol. The lowest BCUT2D eigenvalue weighted by molar-refractivity contribution is 0.100. The van der Waals surface area contributed by atoms with Crippen LogP contribution in [0.5, 0.6) is 11.5 Å². The molecule has 0 saturated carbocycles. The maximum Gasteiger partial charge on any atom is 0.259 e. The van der Waals surface area contributed by atoms with Gasteiger partial charge in [-0.25, -0.2) is 9.97 Å². The Morgan fingerprint density at radius 1 is 1.33 bits per heavy atom. The summed E-state index contributed by atoms with van der Waals surface area (Å²) in [6, 6.07) is 3.97. The summed E-state index contributed by atoms with van der Waals surface area (Å²) in [5, 5.41) is 1.36. The molecular weight excluding hydrogens is 328 g/mol. The fourth-order valence-electron chi connectivity index (χ4n) is 3.29. The molecular formula is C16H18N4O3S. The number of hydrogen-bond acceptors (Lipinski definition) is 7. The Labute approximate surface area is 144 Å². The largest absolute Gasteiger partial charge is 0.493 e. The SMILES string of the molecule is COc1cc2ncnc(N)c2cc1OC1CCN2C(=S)OCC2C1. The average Bonchev–Trinajstić information content (AvgIpc) is 2.96. The van der Waals surface area contributed by atoms with E-state index in [0.717, 1.165) is 30.3 Å². The second-order valence-electron chi connectivity index (χ2n) is 5.97. The summed E-state index contributed by atoms with van der Waals surface area (Å²) in [4.78, 5) is 10.4. The monoisotopic (exact) mass is 346 g/mol. The molecule has 8 heteroatoms. The molecule has 3 heterocycles. The molecule has 2 aliphatic heterocycles. The van der Waals surface area contributed by atoms with Gasteiger partial charge in [0.2, 0.25) is 0 Å². The van der Waals surface area contributed by atoms with Gasteiger partial charge in [-0.05, 0) is 18.3 Å². The Bertz CT molecular complexity index is 800. The minimum Gasteiger partial charge on any atom is -0.493 e. The Hall–Kier alpha value is -2.35. The molecule has 7 nitrogen and oxygen atoms in total. The van der Waals surface area contributed by atoms with Gasteiger partial charge in [-0.3, -0.25) is 0 Å². The summed E-state index contributed by atoms with van der Waals surface area (Å²) in [6.45, 7) is 1.48. The highest BCUT2D eigenvalue weighted by atomic mass is 32.1. The number of benzene rings is 1. The molecule has 0 bridgehead atoms. The molecule has 0 aliphatic carbocycles. The van der Waals surface area contributed by atoms with Crippen LogP contribution in [0, 0.1) is 0 Å². The summed E-state index contributed by atoms with van der Waals surface area (Å²) in [5.41, 5.74) is 6.68.